The van der Waals surface area contributed by atoms with Gasteiger partial charge < -0.3 is 5.11 Å². The first-order chi connectivity index (χ1) is 9.80. The molecule has 0 amide bonds. The van der Waals surface area contributed by atoms with Gasteiger partial charge in [0.25, 0.3) is 10.2 Å². The molecular weight excluding hydrogens is 292 g/mol. The van der Waals surface area contributed by atoms with Gasteiger partial charge in [-0.3, -0.25) is 4.79 Å². The van der Waals surface area contributed by atoms with E-state index in [1.54, 1.807) is 4.31 Å². The average molecular weight is 316 g/mol. The third kappa shape index (κ3) is 2.49. The molecule has 3 saturated heterocycles. The summed E-state index contributed by atoms with van der Waals surface area (Å²) in [5.41, 5.74) is 0. The standard InChI is InChI=1S/C14H24N2O4S/c1-9-5-10(2)8-15(7-9)21(19,20)16-11-3-4-13(16)12(6-11)14(17)18/h9-13H,3-8H2,1-2H3,(H,17,18). The van der Waals surface area contributed by atoms with E-state index in [2.05, 4.69) is 13.8 Å². The second-order valence-corrected chi connectivity index (χ2v) is 8.91. The lowest BCUT2D eigenvalue weighted by atomic mass is 9.89. The Kier molecular flexibility index (Phi) is 3.78. The highest BCUT2D eigenvalue weighted by atomic mass is 32.2. The number of rotatable bonds is 3. The molecule has 6 nitrogen and oxygen atoms in total. The van der Waals surface area contributed by atoms with Gasteiger partial charge in [-0.1, -0.05) is 13.8 Å². The summed E-state index contributed by atoms with van der Waals surface area (Å²) in [6, 6.07) is -0.460. The lowest BCUT2D eigenvalue weighted by Gasteiger charge is -2.37. The van der Waals surface area contributed by atoms with Crippen LogP contribution in [0.2, 0.25) is 0 Å². The zero-order valence-corrected chi connectivity index (χ0v) is 13.4. The minimum Gasteiger partial charge on any atom is -0.481 e. The second-order valence-electron chi connectivity index (χ2n) is 7.08. The van der Waals surface area contributed by atoms with Gasteiger partial charge >= 0.3 is 5.97 Å². The van der Waals surface area contributed by atoms with Crippen LogP contribution in [0.1, 0.15) is 39.5 Å². The van der Waals surface area contributed by atoms with Crippen LogP contribution < -0.4 is 0 Å². The van der Waals surface area contributed by atoms with Gasteiger partial charge in [0, 0.05) is 25.2 Å². The van der Waals surface area contributed by atoms with E-state index in [9.17, 15) is 18.3 Å². The maximum atomic E-state index is 13.0. The summed E-state index contributed by atoms with van der Waals surface area (Å²) in [6.45, 7) is 5.27. The number of piperidine rings is 1. The fourth-order valence-corrected chi connectivity index (χ4v) is 6.81. The van der Waals surface area contributed by atoms with Crippen LogP contribution in [0.15, 0.2) is 0 Å². The van der Waals surface area contributed by atoms with Crippen molar-refractivity contribution in [2.75, 3.05) is 13.1 Å². The van der Waals surface area contributed by atoms with E-state index in [-0.39, 0.29) is 12.1 Å². The molecule has 0 aromatic carbocycles. The Labute approximate surface area is 126 Å². The predicted octanol–water partition coefficient (Wildman–Crippen LogP) is 1.15. The van der Waals surface area contributed by atoms with Crippen LogP contribution in [0.3, 0.4) is 0 Å². The first kappa shape index (κ1) is 15.2. The molecule has 3 fully saturated rings. The Morgan fingerprint density at radius 1 is 1.10 bits per heavy atom. The van der Waals surface area contributed by atoms with Crippen molar-refractivity contribution in [1.82, 2.24) is 8.61 Å². The first-order valence-corrected chi connectivity index (χ1v) is 9.21. The molecule has 120 valence electrons. The highest BCUT2D eigenvalue weighted by Gasteiger charge is 2.55. The van der Waals surface area contributed by atoms with Gasteiger partial charge in [-0.15, -0.1) is 0 Å². The zero-order valence-electron chi connectivity index (χ0n) is 12.6. The summed E-state index contributed by atoms with van der Waals surface area (Å²) < 4.78 is 29.0. The van der Waals surface area contributed by atoms with Crippen molar-refractivity contribution in [3.05, 3.63) is 0 Å². The molecule has 7 heteroatoms. The fourth-order valence-electron chi connectivity index (χ4n) is 4.49. The van der Waals surface area contributed by atoms with Gasteiger partial charge in [-0.25, -0.2) is 0 Å². The minimum absolute atomic E-state index is 0.117. The third-order valence-corrected chi connectivity index (χ3v) is 7.27. The minimum atomic E-state index is -3.53. The lowest BCUT2D eigenvalue weighted by molar-refractivity contribution is -0.142. The number of aliphatic carboxylic acids is 1. The maximum Gasteiger partial charge on any atom is 0.308 e. The van der Waals surface area contributed by atoms with Crippen molar-refractivity contribution in [1.29, 1.82) is 0 Å². The van der Waals surface area contributed by atoms with Crippen LogP contribution in [0.25, 0.3) is 0 Å². The number of carbonyl (C=O) groups is 1. The van der Waals surface area contributed by atoms with E-state index in [4.69, 9.17) is 0 Å². The Morgan fingerprint density at radius 3 is 2.24 bits per heavy atom. The fraction of sp³-hybridized carbons (Fsp3) is 0.929. The summed E-state index contributed by atoms with van der Waals surface area (Å²) >= 11 is 0. The molecule has 3 aliphatic rings. The monoisotopic (exact) mass is 316 g/mol. The summed E-state index contributed by atoms with van der Waals surface area (Å²) in [7, 11) is -3.53. The van der Waals surface area contributed by atoms with Crippen molar-refractivity contribution in [3.8, 4) is 0 Å². The van der Waals surface area contributed by atoms with Gasteiger partial charge in [-0.05, 0) is 37.5 Å². The van der Waals surface area contributed by atoms with E-state index in [1.807, 2.05) is 0 Å². The van der Waals surface area contributed by atoms with E-state index < -0.39 is 22.1 Å². The molecule has 0 radical (unpaired) electrons. The van der Waals surface area contributed by atoms with Gasteiger partial charge in [0.05, 0.1) is 5.92 Å². The number of nitrogens with zero attached hydrogens (tertiary/aromatic N) is 2. The molecule has 0 spiro atoms. The number of hydrogen-bond acceptors (Lipinski definition) is 3. The van der Waals surface area contributed by atoms with Gasteiger partial charge in [0.15, 0.2) is 0 Å². The molecule has 0 aromatic rings. The number of hydrogen-bond donors (Lipinski definition) is 1. The van der Waals surface area contributed by atoms with Crippen LogP contribution >= 0.6 is 0 Å². The molecule has 21 heavy (non-hydrogen) atoms. The first-order valence-electron chi connectivity index (χ1n) is 7.82. The second kappa shape index (κ2) is 5.21. The van der Waals surface area contributed by atoms with Gasteiger partial charge in [0.2, 0.25) is 0 Å². The van der Waals surface area contributed by atoms with E-state index >= 15 is 0 Å². The van der Waals surface area contributed by atoms with Crippen molar-refractivity contribution < 1.29 is 18.3 Å². The van der Waals surface area contributed by atoms with Crippen LogP contribution in [0, 0.1) is 17.8 Å². The molecule has 2 bridgehead atoms. The third-order valence-electron chi connectivity index (χ3n) is 5.22. The van der Waals surface area contributed by atoms with Gasteiger partial charge in [-0.2, -0.15) is 17.0 Å². The highest BCUT2D eigenvalue weighted by Crippen LogP contribution is 2.44. The van der Waals surface area contributed by atoms with E-state index in [0.717, 1.165) is 12.8 Å². The topological polar surface area (TPSA) is 77.9 Å². The summed E-state index contributed by atoms with van der Waals surface area (Å²) in [5, 5.41) is 9.28. The van der Waals surface area contributed by atoms with Crippen LogP contribution in [-0.2, 0) is 15.0 Å². The number of fused-ring (bicyclic) bond motifs is 2. The Morgan fingerprint density at radius 2 is 1.71 bits per heavy atom. The highest BCUT2D eigenvalue weighted by molar-refractivity contribution is 7.86. The van der Waals surface area contributed by atoms with Crippen LogP contribution in [-0.4, -0.2) is 53.3 Å². The molecule has 3 heterocycles. The Bertz CT molecular complexity index is 525. The molecule has 3 rings (SSSR count). The van der Waals surface area contributed by atoms with Crippen molar-refractivity contribution >= 4 is 16.2 Å². The maximum absolute atomic E-state index is 13.0. The molecule has 3 aliphatic heterocycles. The Balaban J connectivity index is 1.84. The largest absolute Gasteiger partial charge is 0.481 e. The number of carboxylic acids is 1. The summed E-state index contributed by atoms with van der Waals surface area (Å²) in [4.78, 5) is 11.3. The number of carboxylic acid groups (broad SMARTS) is 1. The Hall–Kier alpha value is -0.660. The van der Waals surface area contributed by atoms with Crippen molar-refractivity contribution in [2.45, 2.75) is 51.6 Å². The molecule has 5 unspecified atom stereocenters. The van der Waals surface area contributed by atoms with Crippen LogP contribution in [0.4, 0.5) is 0 Å². The lowest BCUT2D eigenvalue weighted by Crippen LogP contribution is -2.51. The van der Waals surface area contributed by atoms with Crippen molar-refractivity contribution in [3.63, 3.8) is 0 Å². The van der Waals surface area contributed by atoms with Crippen molar-refractivity contribution in [2.24, 2.45) is 17.8 Å². The molecular formula is C14H24N2O4S. The van der Waals surface area contributed by atoms with E-state index in [1.165, 1.54) is 4.31 Å². The summed E-state index contributed by atoms with van der Waals surface area (Å²) in [6.07, 6.45) is 3.00. The quantitative estimate of drug-likeness (QED) is 0.847. The molecule has 5 atom stereocenters. The normalized spacial score (nSPS) is 41.5. The van der Waals surface area contributed by atoms with Crippen LogP contribution in [0.5, 0.6) is 0 Å². The average Bonchev–Trinajstić information content (AvgIpc) is 2.95. The predicted molar refractivity (Wildman–Crippen MR) is 77.8 cm³/mol. The smallest absolute Gasteiger partial charge is 0.308 e. The summed E-state index contributed by atoms with van der Waals surface area (Å²) in [5.74, 6) is -0.668. The molecule has 0 saturated carbocycles. The SMILES string of the molecule is CC1CC(C)CN(S(=O)(=O)N2C3CCC2C(C(=O)O)C3)C1. The van der Waals surface area contributed by atoms with E-state index in [0.29, 0.717) is 37.8 Å². The zero-order chi connectivity index (χ0) is 15.4. The molecule has 1 N–H and O–H groups in total. The van der Waals surface area contributed by atoms with Gasteiger partial charge in [0.1, 0.15) is 0 Å². The molecule has 0 aliphatic carbocycles. The molecule has 0 aromatic heterocycles.